The van der Waals surface area contributed by atoms with E-state index < -0.39 is 0 Å². The zero-order chi connectivity index (χ0) is 5.91. The molecule has 0 aromatic carbocycles. The lowest BCUT2D eigenvalue weighted by Crippen LogP contribution is -2.02. The molecule has 0 aliphatic heterocycles. The van der Waals surface area contributed by atoms with Crippen LogP contribution in [0.25, 0.3) is 0 Å². The second kappa shape index (κ2) is 2.68. The highest BCUT2D eigenvalue weighted by Crippen LogP contribution is 2.12. The van der Waals surface area contributed by atoms with Crippen LogP contribution in [0.2, 0.25) is 0 Å². The SMILES string of the molecule is CC(C)(S)/C=C/S. The maximum atomic E-state index is 4.20. The molecule has 0 aliphatic rings. The summed E-state index contributed by atoms with van der Waals surface area (Å²) in [6, 6.07) is 0. The van der Waals surface area contributed by atoms with Crippen LogP contribution >= 0.6 is 25.3 Å². The van der Waals surface area contributed by atoms with E-state index in [2.05, 4.69) is 25.3 Å². The summed E-state index contributed by atoms with van der Waals surface area (Å²) in [7, 11) is 0. The Balaban J connectivity index is 3.56. The molecule has 0 saturated heterocycles. The molecule has 0 amide bonds. The lowest BCUT2D eigenvalue weighted by atomic mass is 10.2. The van der Waals surface area contributed by atoms with E-state index in [0.29, 0.717) is 0 Å². The number of hydrogen-bond donors (Lipinski definition) is 2. The van der Waals surface area contributed by atoms with Gasteiger partial charge in [-0.2, -0.15) is 25.3 Å². The first-order valence-corrected chi connectivity index (χ1v) is 3.07. The Bertz CT molecular complexity index is 68.6. The van der Waals surface area contributed by atoms with E-state index in [0.717, 1.165) is 0 Å². The molecule has 0 spiro atoms. The Labute approximate surface area is 55.8 Å². The minimum Gasteiger partial charge on any atom is -0.169 e. The standard InChI is InChI=1S/C5H10S2/c1-5(2,7)3-4-6/h3-4,6-7H,1-2H3/b4-3+. The molecule has 0 bridgehead atoms. The van der Waals surface area contributed by atoms with E-state index in [4.69, 9.17) is 0 Å². The highest BCUT2D eigenvalue weighted by Gasteiger charge is 2.02. The minimum atomic E-state index is -0.0122. The van der Waals surface area contributed by atoms with Crippen LogP contribution in [0.15, 0.2) is 11.5 Å². The fourth-order valence-corrected chi connectivity index (χ4v) is 0.747. The predicted molar refractivity (Wildman–Crippen MR) is 41.2 cm³/mol. The van der Waals surface area contributed by atoms with Crippen molar-refractivity contribution in [1.29, 1.82) is 0 Å². The van der Waals surface area contributed by atoms with E-state index >= 15 is 0 Å². The summed E-state index contributed by atoms with van der Waals surface area (Å²) in [5, 5.41) is 1.70. The van der Waals surface area contributed by atoms with Gasteiger partial charge in [0.2, 0.25) is 0 Å². The summed E-state index contributed by atoms with van der Waals surface area (Å²) in [6.45, 7) is 4.01. The van der Waals surface area contributed by atoms with E-state index in [1.807, 2.05) is 19.9 Å². The van der Waals surface area contributed by atoms with Gasteiger partial charge in [0.25, 0.3) is 0 Å². The van der Waals surface area contributed by atoms with Gasteiger partial charge in [0.15, 0.2) is 0 Å². The third-order valence-corrected chi connectivity index (χ3v) is 0.781. The maximum Gasteiger partial charge on any atom is 0.0260 e. The van der Waals surface area contributed by atoms with Crippen LogP contribution in [0.4, 0.5) is 0 Å². The largest absolute Gasteiger partial charge is 0.169 e. The van der Waals surface area contributed by atoms with Crippen molar-refractivity contribution in [2.24, 2.45) is 0 Å². The Morgan fingerprint density at radius 2 is 1.86 bits per heavy atom. The first-order chi connectivity index (χ1) is 3.06. The number of thiol groups is 2. The fraction of sp³-hybridized carbons (Fsp3) is 0.600. The van der Waals surface area contributed by atoms with Crippen molar-refractivity contribution in [3.8, 4) is 0 Å². The van der Waals surface area contributed by atoms with Gasteiger partial charge in [-0.1, -0.05) is 6.08 Å². The topological polar surface area (TPSA) is 0 Å². The smallest absolute Gasteiger partial charge is 0.0260 e. The first-order valence-electron chi connectivity index (χ1n) is 2.10. The summed E-state index contributed by atoms with van der Waals surface area (Å²) >= 11 is 8.08. The summed E-state index contributed by atoms with van der Waals surface area (Å²) in [4.78, 5) is 0. The summed E-state index contributed by atoms with van der Waals surface area (Å²) in [6.07, 6.45) is 1.92. The Morgan fingerprint density at radius 3 is 1.86 bits per heavy atom. The Kier molecular flexibility index (Phi) is 2.84. The molecule has 0 aliphatic carbocycles. The zero-order valence-corrected chi connectivity index (χ0v) is 6.34. The van der Waals surface area contributed by atoms with Crippen molar-refractivity contribution in [3.05, 3.63) is 11.5 Å². The Morgan fingerprint density at radius 1 is 1.43 bits per heavy atom. The van der Waals surface area contributed by atoms with Crippen LogP contribution in [0, 0.1) is 0 Å². The maximum absolute atomic E-state index is 4.20. The molecule has 0 nitrogen and oxygen atoms in total. The van der Waals surface area contributed by atoms with Crippen molar-refractivity contribution in [3.63, 3.8) is 0 Å². The van der Waals surface area contributed by atoms with Gasteiger partial charge in [0, 0.05) is 4.75 Å². The van der Waals surface area contributed by atoms with Crippen LogP contribution in [0.3, 0.4) is 0 Å². The second-order valence-electron chi connectivity index (χ2n) is 1.97. The average molecular weight is 134 g/mol. The van der Waals surface area contributed by atoms with Gasteiger partial charge in [0.1, 0.15) is 0 Å². The molecule has 42 valence electrons. The molecule has 7 heavy (non-hydrogen) atoms. The zero-order valence-electron chi connectivity index (χ0n) is 4.55. The van der Waals surface area contributed by atoms with Gasteiger partial charge in [-0.3, -0.25) is 0 Å². The number of hydrogen-bond acceptors (Lipinski definition) is 2. The van der Waals surface area contributed by atoms with Gasteiger partial charge in [-0.25, -0.2) is 0 Å². The van der Waals surface area contributed by atoms with Gasteiger partial charge >= 0.3 is 0 Å². The van der Waals surface area contributed by atoms with Crippen molar-refractivity contribution in [2.45, 2.75) is 18.6 Å². The van der Waals surface area contributed by atoms with Gasteiger partial charge < -0.3 is 0 Å². The molecule has 0 unspecified atom stereocenters. The lowest BCUT2D eigenvalue weighted by Gasteiger charge is -2.08. The third-order valence-electron chi connectivity index (χ3n) is 0.482. The molecule has 2 heteroatoms. The monoisotopic (exact) mass is 134 g/mol. The van der Waals surface area contributed by atoms with E-state index in [-0.39, 0.29) is 4.75 Å². The predicted octanol–water partition coefficient (Wildman–Crippen LogP) is 2.14. The highest BCUT2D eigenvalue weighted by molar-refractivity contribution is 7.83. The Hall–Kier alpha value is 0.440. The molecule has 0 aromatic heterocycles. The molecule has 0 rings (SSSR count). The van der Waals surface area contributed by atoms with Gasteiger partial charge in [-0.05, 0) is 19.3 Å². The van der Waals surface area contributed by atoms with E-state index in [9.17, 15) is 0 Å². The minimum absolute atomic E-state index is 0.0122. The molecule has 0 aromatic rings. The quantitative estimate of drug-likeness (QED) is 0.504. The first kappa shape index (κ1) is 7.44. The van der Waals surface area contributed by atoms with Crippen LogP contribution in [-0.4, -0.2) is 4.75 Å². The molecular formula is C5H10S2. The van der Waals surface area contributed by atoms with E-state index in [1.165, 1.54) is 0 Å². The van der Waals surface area contributed by atoms with Gasteiger partial charge in [-0.15, -0.1) is 0 Å². The summed E-state index contributed by atoms with van der Waals surface area (Å²) < 4.78 is -0.0122. The normalized spacial score (nSPS) is 13.1. The second-order valence-corrected chi connectivity index (χ2v) is 3.42. The highest BCUT2D eigenvalue weighted by atomic mass is 32.1. The van der Waals surface area contributed by atoms with Crippen molar-refractivity contribution < 1.29 is 0 Å². The summed E-state index contributed by atoms with van der Waals surface area (Å²) in [5.74, 6) is 0. The molecule has 0 N–H and O–H groups in total. The van der Waals surface area contributed by atoms with Crippen LogP contribution in [0.1, 0.15) is 13.8 Å². The van der Waals surface area contributed by atoms with Crippen molar-refractivity contribution in [2.75, 3.05) is 0 Å². The third kappa shape index (κ3) is 6.44. The molecule has 0 fully saturated rings. The van der Waals surface area contributed by atoms with Crippen LogP contribution in [0.5, 0.6) is 0 Å². The molecule has 0 saturated carbocycles. The van der Waals surface area contributed by atoms with Crippen LogP contribution < -0.4 is 0 Å². The van der Waals surface area contributed by atoms with Crippen LogP contribution in [-0.2, 0) is 0 Å². The number of rotatable bonds is 1. The molecular weight excluding hydrogens is 124 g/mol. The summed E-state index contributed by atoms with van der Waals surface area (Å²) in [5.41, 5.74) is 0. The fourth-order valence-electron chi connectivity index (χ4n) is 0.182. The molecule has 0 atom stereocenters. The van der Waals surface area contributed by atoms with Crippen molar-refractivity contribution >= 4 is 25.3 Å². The van der Waals surface area contributed by atoms with Gasteiger partial charge in [0.05, 0.1) is 0 Å². The molecule has 0 heterocycles. The van der Waals surface area contributed by atoms with E-state index in [1.54, 1.807) is 5.41 Å². The molecule has 0 radical (unpaired) electrons. The van der Waals surface area contributed by atoms with Crippen molar-refractivity contribution in [1.82, 2.24) is 0 Å². The lowest BCUT2D eigenvalue weighted by molar-refractivity contribution is 0.911. The average Bonchev–Trinajstić information content (AvgIpc) is 1.30.